The molecule has 2 N–H and O–H groups in total. The van der Waals surface area contributed by atoms with Gasteiger partial charge in [-0.15, -0.1) is 0 Å². The van der Waals surface area contributed by atoms with Gasteiger partial charge in [0.2, 0.25) is 0 Å². The summed E-state index contributed by atoms with van der Waals surface area (Å²) in [6.45, 7) is 6.94. The molecule has 5 nitrogen and oxygen atoms in total. The van der Waals surface area contributed by atoms with Crippen LogP contribution in [0.2, 0.25) is 0 Å². The molecule has 1 aromatic rings. The molecule has 0 fully saturated rings. The molecule has 1 unspecified atom stereocenters. The molecule has 1 aliphatic heterocycles. The SMILES string of the molecule is CC(C)(C)CCN1C(=O)C(O)=CNC1c1ccccn1. The Balaban J connectivity index is 2.22. The highest BCUT2D eigenvalue weighted by Crippen LogP contribution is 2.25. The fourth-order valence-corrected chi connectivity index (χ4v) is 2.04. The van der Waals surface area contributed by atoms with Crippen molar-refractivity contribution >= 4 is 5.91 Å². The highest BCUT2D eigenvalue weighted by molar-refractivity contribution is 5.92. The Morgan fingerprint density at radius 3 is 2.75 bits per heavy atom. The van der Waals surface area contributed by atoms with Crippen LogP contribution in [0.1, 0.15) is 39.1 Å². The standard InChI is InChI=1S/C15H21N3O2/c1-15(2,3)7-9-18-13(11-6-4-5-8-16-11)17-10-12(19)14(18)20/h4-6,8,10,13,17,19H,7,9H2,1-3H3. The number of aliphatic hydroxyl groups excluding tert-OH is 1. The topological polar surface area (TPSA) is 65.5 Å². The first-order valence-corrected chi connectivity index (χ1v) is 6.75. The summed E-state index contributed by atoms with van der Waals surface area (Å²) in [4.78, 5) is 18.1. The van der Waals surface area contributed by atoms with E-state index in [0.29, 0.717) is 6.54 Å². The highest BCUT2D eigenvalue weighted by Gasteiger charge is 2.32. The zero-order valence-electron chi connectivity index (χ0n) is 12.1. The number of aromatic nitrogens is 1. The van der Waals surface area contributed by atoms with Crippen molar-refractivity contribution in [2.75, 3.05) is 6.54 Å². The zero-order valence-corrected chi connectivity index (χ0v) is 12.1. The number of nitrogens with one attached hydrogen (secondary N) is 1. The average molecular weight is 275 g/mol. The molecule has 108 valence electrons. The van der Waals surface area contributed by atoms with E-state index in [1.807, 2.05) is 18.2 Å². The minimum atomic E-state index is -0.358. The van der Waals surface area contributed by atoms with E-state index in [2.05, 4.69) is 31.1 Å². The van der Waals surface area contributed by atoms with E-state index >= 15 is 0 Å². The van der Waals surface area contributed by atoms with Gasteiger partial charge in [0.25, 0.3) is 5.91 Å². The number of aliphatic hydroxyl groups is 1. The third-order valence-corrected chi connectivity index (χ3v) is 3.24. The number of amides is 1. The fourth-order valence-electron chi connectivity index (χ4n) is 2.04. The molecule has 0 aliphatic carbocycles. The maximum atomic E-state index is 12.2. The Hall–Kier alpha value is -2.04. The molecule has 1 amide bonds. The van der Waals surface area contributed by atoms with E-state index in [9.17, 15) is 9.90 Å². The quantitative estimate of drug-likeness (QED) is 0.888. The van der Waals surface area contributed by atoms with Crippen molar-refractivity contribution in [3.8, 4) is 0 Å². The van der Waals surface area contributed by atoms with Crippen LogP contribution in [0.4, 0.5) is 0 Å². The predicted octanol–water partition coefficient (Wildman–Crippen LogP) is 2.35. The van der Waals surface area contributed by atoms with Gasteiger partial charge in [-0.1, -0.05) is 26.8 Å². The first kappa shape index (κ1) is 14.4. The molecule has 0 saturated heterocycles. The molecule has 5 heteroatoms. The van der Waals surface area contributed by atoms with Crippen LogP contribution in [0.3, 0.4) is 0 Å². The van der Waals surface area contributed by atoms with Crippen molar-refractivity contribution < 1.29 is 9.90 Å². The minimum Gasteiger partial charge on any atom is -0.502 e. The van der Waals surface area contributed by atoms with Crippen LogP contribution in [0.15, 0.2) is 36.4 Å². The Bertz CT molecular complexity index is 506. The number of hydrogen-bond donors (Lipinski definition) is 2. The molecule has 0 spiro atoms. The third kappa shape index (κ3) is 3.29. The first-order chi connectivity index (χ1) is 9.38. The van der Waals surface area contributed by atoms with Crippen molar-refractivity contribution in [1.82, 2.24) is 15.2 Å². The maximum Gasteiger partial charge on any atom is 0.292 e. The molecular weight excluding hydrogens is 254 g/mol. The normalized spacial score (nSPS) is 19.6. The van der Waals surface area contributed by atoms with Crippen molar-refractivity contribution in [1.29, 1.82) is 0 Å². The van der Waals surface area contributed by atoms with Gasteiger partial charge in [-0.25, -0.2) is 0 Å². The van der Waals surface area contributed by atoms with E-state index in [1.54, 1.807) is 11.1 Å². The number of carbonyl (C=O) groups excluding carboxylic acids is 1. The lowest BCUT2D eigenvalue weighted by Crippen LogP contribution is -2.46. The van der Waals surface area contributed by atoms with Crippen molar-refractivity contribution in [3.05, 3.63) is 42.0 Å². The zero-order chi connectivity index (χ0) is 14.8. The number of nitrogens with zero attached hydrogens (tertiary/aromatic N) is 2. The van der Waals surface area contributed by atoms with Crippen molar-refractivity contribution in [3.63, 3.8) is 0 Å². The van der Waals surface area contributed by atoms with E-state index in [0.717, 1.165) is 12.1 Å². The lowest BCUT2D eigenvalue weighted by molar-refractivity contribution is -0.134. The Labute approximate surface area is 119 Å². The van der Waals surface area contributed by atoms with Gasteiger partial charge in [-0.2, -0.15) is 0 Å². The summed E-state index contributed by atoms with van der Waals surface area (Å²) in [6, 6.07) is 5.58. The smallest absolute Gasteiger partial charge is 0.292 e. The van der Waals surface area contributed by atoms with Crippen LogP contribution >= 0.6 is 0 Å². The van der Waals surface area contributed by atoms with Gasteiger partial charge in [0.15, 0.2) is 5.76 Å². The Morgan fingerprint density at radius 2 is 2.15 bits per heavy atom. The third-order valence-electron chi connectivity index (χ3n) is 3.24. The molecular formula is C15H21N3O2. The summed E-state index contributed by atoms with van der Waals surface area (Å²) in [6.07, 6.45) is 3.55. The molecule has 0 radical (unpaired) electrons. The molecule has 1 aliphatic rings. The van der Waals surface area contributed by atoms with Crippen LogP contribution in [0.25, 0.3) is 0 Å². The fraction of sp³-hybridized carbons (Fsp3) is 0.467. The van der Waals surface area contributed by atoms with Crippen molar-refractivity contribution in [2.45, 2.75) is 33.4 Å². The van der Waals surface area contributed by atoms with Crippen LogP contribution in [-0.4, -0.2) is 27.4 Å². The second kappa shape index (κ2) is 5.53. The van der Waals surface area contributed by atoms with Crippen LogP contribution < -0.4 is 5.32 Å². The average Bonchev–Trinajstić information content (AvgIpc) is 2.40. The summed E-state index contributed by atoms with van der Waals surface area (Å²) < 4.78 is 0. The minimum absolute atomic E-state index is 0.117. The number of carbonyl (C=O) groups is 1. The maximum absolute atomic E-state index is 12.2. The van der Waals surface area contributed by atoms with Gasteiger partial charge in [0.05, 0.1) is 5.69 Å². The van der Waals surface area contributed by atoms with Crippen LogP contribution in [-0.2, 0) is 4.79 Å². The lowest BCUT2D eigenvalue weighted by Gasteiger charge is -2.36. The predicted molar refractivity (Wildman–Crippen MR) is 76.6 cm³/mol. The van der Waals surface area contributed by atoms with Crippen LogP contribution in [0.5, 0.6) is 0 Å². The summed E-state index contributed by atoms with van der Waals surface area (Å²) in [5, 5.41) is 12.7. The van der Waals surface area contributed by atoms with Gasteiger partial charge < -0.3 is 15.3 Å². The summed E-state index contributed by atoms with van der Waals surface area (Å²) in [5.74, 6) is -0.616. The molecule has 20 heavy (non-hydrogen) atoms. The molecule has 1 atom stereocenters. The number of rotatable bonds is 3. The van der Waals surface area contributed by atoms with Crippen molar-refractivity contribution in [2.24, 2.45) is 5.41 Å². The first-order valence-electron chi connectivity index (χ1n) is 6.75. The monoisotopic (exact) mass is 275 g/mol. The molecule has 0 saturated carbocycles. The summed E-state index contributed by atoms with van der Waals surface area (Å²) >= 11 is 0. The van der Waals surface area contributed by atoms with E-state index in [4.69, 9.17) is 0 Å². The van der Waals surface area contributed by atoms with Gasteiger partial charge >= 0.3 is 0 Å². The highest BCUT2D eigenvalue weighted by atomic mass is 16.3. The number of pyridine rings is 1. The van der Waals surface area contributed by atoms with Gasteiger partial charge in [-0.3, -0.25) is 9.78 Å². The Morgan fingerprint density at radius 1 is 1.40 bits per heavy atom. The molecule has 0 aromatic carbocycles. The molecule has 1 aromatic heterocycles. The van der Waals surface area contributed by atoms with E-state index in [-0.39, 0.29) is 23.2 Å². The second-order valence-electron chi connectivity index (χ2n) is 6.16. The van der Waals surface area contributed by atoms with Gasteiger partial charge in [-0.05, 0) is 24.0 Å². The van der Waals surface area contributed by atoms with E-state index in [1.165, 1.54) is 6.20 Å². The van der Waals surface area contributed by atoms with E-state index < -0.39 is 0 Å². The molecule has 2 rings (SSSR count). The van der Waals surface area contributed by atoms with Gasteiger partial charge in [0, 0.05) is 18.9 Å². The number of hydrogen-bond acceptors (Lipinski definition) is 4. The molecule has 0 bridgehead atoms. The molecule has 2 heterocycles. The largest absolute Gasteiger partial charge is 0.502 e. The second-order valence-corrected chi connectivity index (χ2v) is 6.16. The summed E-state index contributed by atoms with van der Waals surface area (Å²) in [7, 11) is 0. The lowest BCUT2D eigenvalue weighted by atomic mass is 9.92. The van der Waals surface area contributed by atoms with Crippen LogP contribution in [0, 0.1) is 5.41 Å². The summed E-state index contributed by atoms with van der Waals surface area (Å²) in [5.41, 5.74) is 0.879. The Kier molecular flexibility index (Phi) is 3.97. The van der Waals surface area contributed by atoms with Gasteiger partial charge in [0.1, 0.15) is 6.17 Å².